The van der Waals surface area contributed by atoms with Crippen LogP contribution >= 0.6 is 11.6 Å². The molecule has 2 bridgehead atoms. The van der Waals surface area contributed by atoms with Crippen LogP contribution in [0.4, 0.5) is 0 Å². The standard InChI is InChI=1S/C21H27ClN6O4/c1-4-12(2)18-21(31)24-13(3)19(29)23-10-15-11-28(27-26-15)7-8-32-17-6-5-14(22)9-16(17)20(30)25-18/h5-6,9,11-13,18H,4,7-8,10H2,1-3H3,(H,23,29)(H,24,31)(H,25,30)/t12-,13+,18-/m0/s1. The summed E-state index contributed by atoms with van der Waals surface area (Å²) in [6.45, 7) is 6.14. The van der Waals surface area contributed by atoms with Crippen LogP contribution in [0.1, 0.15) is 43.2 Å². The molecule has 32 heavy (non-hydrogen) atoms. The molecule has 2 aromatic rings. The highest BCUT2D eigenvalue weighted by molar-refractivity contribution is 6.31. The minimum absolute atomic E-state index is 0.172. The molecule has 3 N–H and O–H groups in total. The Morgan fingerprint density at radius 2 is 2.03 bits per heavy atom. The van der Waals surface area contributed by atoms with Crippen LogP contribution in [0.15, 0.2) is 24.4 Å². The lowest BCUT2D eigenvalue weighted by Crippen LogP contribution is -2.54. The second-order valence-electron chi connectivity index (χ2n) is 7.75. The number of carbonyl (C=O) groups is 3. The highest BCUT2D eigenvalue weighted by Crippen LogP contribution is 2.24. The van der Waals surface area contributed by atoms with E-state index in [0.717, 1.165) is 0 Å². The summed E-state index contributed by atoms with van der Waals surface area (Å²) in [5.74, 6) is -1.14. The zero-order valence-electron chi connectivity index (χ0n) is 18.2. The van der Waals surface area contributed by atoms with Gasteiger partial charge in [0.25, 0.3) is 5.91 Å². The fourth-order valence-electron chi connectivity index (χ4n) is 3.20. The smallest absolute Gasteiger partial charge is 0.255 e. The fourth-order valence-corrected chi connectivity index (χ4v) is 3.38. The van der Waals surface area contributed by atoms with Crippen molar-refractivity contribution in [2.75, 3.05) is 6.61 Å². The molecule has 3 amide bonds. The summed E-state index contributed by atoms with van der Waals surface area (Å²) >= 11 is 6.11. The lowest BCUT2D eigenvalue weighted by Gasteiger charge is -2.25. The number of hydrogen-bond donors (Lipinski definition) is 3. The molecule has 11 heteroatoms. The number of nitrogens with one attached hydrogen (secondary N) is 3. The highest BCUT2D eigenvalue weighted by atomic mass is 35.5. The van der Waals surface area contributed by atoms with Crippen LogP contribution in [0.2, 0.25) is 5.02 Å². The largest absolute Gasteiger partial charge is 0.491 e. The topological polar surface area (TPSA) is 127 Å². The first-order valence-electron chi connectivity index (χ1n) is 10.5. The Balaban J connectivity index is 1.92. The van der Waals surface area contributed by atoms with Crippen molar-refractivity contribution in [1.29, 1.82) is 0 Å². The van der Waals surface area contributed by atoms with Gasteiger partial charge in [-0.2, -0.15) is 0 Å². The predicted molar refractivity (Wildman–Crippen MR) is 117 cm³/mol. The first-order chi connectivity index (χ1) is 15.3. The van der Waals surface area contributed by atoms with E-state index in [1.165, 1.54) is 6.07 Å². The number of carbonyl (C=O) groups excluding carboxylic acids is 3. The summed E-state index contributed by atoms with van der Waals surface area (Å²) in [5, 5.41) is 16.6. The normalized spacial score (nSPS) is 21.3. The maximum atomic E-state index is 13.1. The van der Waals surface area contributed by atoms with E-state index in [9.17, 15) is 14.4 Å². The molecule has 0 unspecified atom stereocenters. The maximum absolute atomic E-state index is 13.1. The van der Waals surface area contributed by atoms with Crippen molar-refractivity contribution >= 4 is 29.3 Å². The van der Waals surface area contributed by atoms with Gasteiger partial charge >= 0.3 is 0 Å². The van der Waals surface area contributed by atoms with Gasteiger partial charge in [0.15, 0.2) is 0 Å². The van der Waals surface area contributed by atoms with E-state index in [0.29, 0.717) is 29.4 Å². The average Bonchev–Trinajstić information content (AvgIpc) is 3.22. The van der Waals surface area contributed by atoms with E-state index >= 15 is 0 Å². The molecule has 3 atom stereocenters. The molecular formula is C21H27ClN6O4. The molecule has 10 nitrogen and oxygen atoms in total. The lowest BCUT2D eigenvalue weighted by atomic mass is 9.97. The van der Waals surface area contributed by atoms with Crippen molar-refractivity contribution in [2.24, 2.45) is 5.92 Å². The summed E-state index contributed by atoms with van der Waals surface area (Å²) in [6, 6.07) is 3.09. The van der Waals surface area contributed by atoms with E-state index in [1.54, 1.807) is 29.9 Å². The first kappa shape index (κ1) is 23.5. The number of fused-ring (bicyclic) bond motifs is 3. The average molecular weight is 463 g/mol. The van der Waals surface area contributed by atoms with Gasteiger partial charge in [0.1, 0.15) is 30.1 Å². The summed E-state index contributed by atoms with van der Waals surface area (Å²) in [6.07, 6.45) is 2.34. The Labute approximate surface area is 191 Å². The molecule has 172 valence electrons. The Morgan fingerprint density at radius 1 is 1.25 bits per heavy atom. The second-order valence-corrected chi connectivity index (χ2v) is 8.18. The van der Waals surface area contributed by atoms with E-state index in [4.69, 9.17) is 16.3 Å². The number of nitrogens with zero attached hydrogens (tertiary/aromatic N) is 3. The Bertz CT molecular complexity index is 994. The number of benzene rings is 1. The third-order valence-corrected chi connectivity index (χ3v) is 5.56. The van der Waals surface area contributed by atoms with Crippen LogP contribution in [-0.4, -0.2) is 51.4 Å². The van der Waals surface area contributed by atoms with Gasteiger partial charge in [-0.15, -0.1) is 5.10 Å². The number of aromatic nitrogens is 3. The molecule has 0 saturated heterocycles. The molecule has 0 saturated carbocycles. The number of rotatable bonds is 2. The van der Waals surface area contributed by atoms with Crippen LogP contribution < -0.4 is 20.7 Å². The molecule has 1 aromatic heterocycles. The lowest BCUT2D eigenvalue weighted by molar-refractivity contribution is -0.130. The van der Waals surface area contributed by atoms with Crippen molar-refractivity contribution in [3.8, 4) is 5.75 Å². The minimum Gasteiger partial charge on any atom is -0.491 e. The highest BCUT2D eigenvalue weighted by Gasteiger charge is 2.29. The molecule has 1 aromatic carbocycles. The number of ether oxygens (including phenoxy) is 1. The van der Waals surface area contributed by atoms with Gasteiger partial charge in [-0.25, -0.2) is 4.68 Å². The monoisotopic (exact) mass is 462 g/mol. The quantitative estimate of drug-likeness (QED) is 0.617. The molecule has 0 spiro atoms. The SMILES string of the molecule is CC[C@H](C)[C@@H]1NC(=O)c2cc(Cl)ccc2OCCn2cc(nn2)CNC(=O)[C@@H](C)NC1=O. The zero-order valence-corrected chi connectivity index (χ0v) is 19.0. The molecule has 1 aliphatic heterocycles. The van der Waals surface area contributed by atoms with Crippen LogP contribution in [0, 0.1) is 5.92 Å². The van der Waals surface area contributed by atoms with Gasteiger partial charge in [0, 0.05) is 5.02 Å². The fraction of sp³-hybridized carbons (Fsp3) is 0.476. The van der Waals surface area contributed by atoms with Gasteiger partial charge in [-0.1, -0.05) is 37.1 Å². The van der Waals surface area contributed by atoms with Gasteiger partial charge in [0.05, 0.1) is 24.8 Å². The maximum Gasteiger partial charge on any atom is 0.255 e. The van der Waals surface area contributed by atoms with E-state index in [2.05, 4.69) is 26.3 Å². The van der Waals surface area contributed by atoms with Crippen LogP contribution in [0.3, 0.4) is 0 Å². The van der Waals surface area contributed by atoms with Gasteiger partial charge in [-0.05, 0) is 31.0 Å². The Kier molecular flexibility index (Phi) is 7.68. The Hall–Kier alpha value is -3.14. The van der Waals surface area contributed by atoms with Crippen LogP contribution in [-0.2, 0) is 22.7 Å². The second kappa shape index (κ2) is 10.4. The van der Waals surface area contributed by atoms with Crippen molar-refractivity contribution in [1.82, 2.24) is 30.9 Å². The van der Waals surface area contributed by atoms with Crippen molar-refractivity contribution < 1.29 is 19.1 Å². The van der Waals surface area contributed by atoms with Crippen LogP contribution in [0.25, 0.3) is 0 Å². The van der Waals surface area contributed by atoms with Crippen molar-refractivity contribution in [2.45, 2.75) is 52.4 Å². The minimum atomic E-state index is -0.844. The number of hydrogen-bond acceptors (Lipinski definition) is 6. The zero-order chi connectivity index (χ0) is 23.3. The summed E-state index contributed by atoms with van der Waals surface area (Å²) in [4.78, 5) is 38.5. The van der Waals surface area contributed by atoms with Crippen molar-refractivity contribution in [3.63, 3.8) is 0 Å². The van der Waals surface area contributed by atoms with Gasteiger partial charge in [-0.3, -0.25) is 14.4 Å². The summed E-state index contributed by atoms with van der Waals surface area (Å²) in [7, 11) is 0. The third kappa shape index (κ3) is 5.76. The molecule has 1 aliphatic rings. The summed E-state index contributed by atoms with van der Waals surface area (Å²) < 4.78 is 7.39. The summed E-state index contributed by atoms with van der Waals surface area (Å²) in [5.41, 5.74) is 0.788. The number of halogens is 1. The van der Waals surface area contributed by atoms with E-state index in [-0.39, 0.29) is 30.5 Å². The number of amides is 3. The molecule has 0 fully saturated rings. The molecule has 3 rings (SSSR count). The third-order valence-electron chi connectivity index (χ3n) is 5.33. The molecular weight excluding hydrogens is 436 g/mol. The van der Waals surface area contributed by atoms with E-state index < -0.39 is 23.9 Å². The molecule has 2 heterocycles. The van der Waals surface area contributed by atoms with E-state index in [1.807, 2.05) is 13.8 Å². The van der Waals surface area contributed by atoms with Gasteiger partial charge in [0.2, 0.25) is 11.8 Å². The molecule has 0 radical (unpaired) electrons. The predicted octanol–water partition coefficient (Wildman–Crippen LogP) is 1.29. The molecule has 0 aliphatic carbocycles. The Morgan fingerprint density at radius 3 is 2.78 bits per heavy atom. The van der Waals surface area contributed by atoms with Gasteiger partial charge < -0.3 is 20.7 Å². The van der Waals surface area contributed by atoms with Crippen LogP contribution in [0.5, 0.6) is 5.75 Å². The van der Waals surface area contributed by atoms with Crippen molar-refractivity contribution in [3.05, 3.63) is 40.7 Å². The first-order valence-corrected chi connectivity index (χ1v) is 10.9.